The van der Waals surface area contributed by atoms with Gasteiger partial charge in [-0.25, -0.2) is 9.97 Å². The van der Waals surface area contributed by atoms with Crippen LogP contribution in [0.25, 0.3) is 0 Å². The van der Waals surface area contributed by atoms with E-state index >= 15 is 0 Å². The van der Waals surface area contributed by atoms with Crippen molar-refractivity contribution in [1.29, 1.82) is 0 Å². The van der Waals surface area contributed by atoms with Crippen LogP contribution in [0.1, 0.15) is 31.7 Å². The summed E-state index contributed by atoms with van der Waals surface area (Å²) in [5, 5.41) is 8.98. The molecule has 0 bridgehead atoms. The molecule has 0 radical (unpaired) electrons. The molecular formula is C14H20N4O2S. The molecule has 1 amide bonds. The van der Waals surface area contributed by atoms with E-state index in [9.17, 15) is 4.79 Å². The topological polar surface area (TPSA) is 92.3 Å². The summed E-state index contributed by atoms with van der Waals surface area (Å²) in [6.07, 6.45) is 2.22. The third kappa shape index (κ3) is 3.36. The van der Waals surface area contributed by atoms with Crippen molar-refractivity contribution >= 4 is 23.5 Å². The molecule has 0 aromatic carbocycles. The zero-order chi connectivity index (χ0) is 15.6. The van der Waals surface area contributed by atoms with Crippen LogP contribution in [0.15, 0.2) is 16.8 Å². The van der Waals surface area contributed by atoms with E-state index in [1.165, 1.54) is 11.8 Å². The summed E-state index contributed by atoms with van der Waals surface area (Å²) in [4.78, 5) is 23.4. The lowest BCUT2D eigenvalue weighted by atomic mass is 10.2. The fourth-order valence-electron chi connectivity index (χ4n) is 2.23. The van der Waals surface area contributed by atoms with Gasteiger partial charge in [0, 0.05) is 35.4 Å². The number of rotatable bonds is 4. The van der Waals surface area contributed by atoms with E-state index in [1.54, 1.807) is 18.0 Å². The Balaban J connectivity index is 2.31. The Bertz CT molecular complexity index is 588. The molecule has 0 fully saturated rings. The molecule has 21 heavy (non-hydrogen) atoms. The third-order valence-corrected chi connectivity index (χ3v) is 4.77. The fourth-order valence-corrected chi connectivity index (χ4v) is 3.37. The molecule has 114 valence electrons. The molecule has 2 heterocycles. The van der Waals surface area contributed by atoms with Crippen LogP contribution < -0.4 is 5.73 Å². The van der Waals surface area contributed by atoms with Crippen LogP contribution in [0.4, 0.5) is 5.82 Å². The fraction of sp³-hybridized carbons (Fsp3) is 0.500. The summed E-state index contributed by atoms with van der Waals surface area (Å²) in [6, 6.07) is 0. The first kappa shape index (κ1) is 15.8. The van der Waals surface area contributed by atoms with Crippen molar-refractivity contribution < 1.29 is 9.90 Å². The zero-order valence-electron chi connectivity index (χ0n) is 12.5. The average Bonchev–Trinajstić information content (AvgIpc) is 2.43. The van der Waals surface area contributed by atoms with Gasteiger partial charge < -0.3 is 15.7 Å². The number of hydrogen-bond acceptors (Lipinski definition) is 6. The van der Waals surface area contributed by atoms with E-state index in [0.29, 0.717) is 24.6 Å². The molecule has 1 aromatic heterocycles. The van der Waals surface area contributed by atoms with Crippen molar-refractivity contribution in [3.63, 3.8) is 0 Å². The smallest absolute Gasteiger partial charge is 0.240 e. The van der Waals surface area contributed by atoms with Gasteiger partial charge in [0.2, 0.25) is 5.91 Å². The Morgan fingerprint density at radius 3 is 2.81 bits per heavy atom. The van der Waals surface area contributed by atoms with Crippen LogP contribution in [0.3, 0.4) is 0 Å². The number of nitrogens with zero attached hydrogens (tertiary/aromatic N) is 3. The first-order chi connectivity index (χ1) is 9.93. The second kappa shape index (κ2) is 6.44. The summed E-state index contributed by atoms with van der Waals surface area (Å²) in [6.45, 7) is 5.97. The minimum atomic E-state index is -0.164. The number of aromatic nitrogens is 2. The first-order valence-corrected chi connectivity index (χ1v) is 7.68. The van der Waals surface area contributed by atoms with E-state index in [1.807, 2.05) is 13.8 Å². The number of amides is 1. The van der Waals surface area contributed by atoms with Gasteiger partial charge in [0.15, 0.2) is 0 Å². The molecule has 3 N–H and O–H groups in total. The van der Waals surface area contributed by atoms with Crippen LogP contribution in [0.5, 0.6) is 0 Å². The van der Waals surface area contributed by atoms with Crippen LogP contribution in [0.2, 0.25) is 0 Å². The Labute approximate surface area is 128 Å². The van der Waals surface area contributed by atoms with Gasteiger partial charge in [0.25, 0.3) is 0 Å². The first-order valence-electron chi connectivity index (χ1n) is 6.80. The molecule has 1 unspecified atom stereocenters. The van der Waals surface area contributed by atoms with Gasteiger partial charge in [0.05, 0.1) is 11.8 Å². The van der Waals surface area contributed by atoms with Crippen molar-refractivity contribution in [2.24, 2.45) is 0 Å². The predicted octanol–water partition coefficient (Wildman–Crippen LogP) is 1.45. The highest BCUT2D eigenvalue weighted by Gasteiger charge is 2.30. The van der Waals surface area contributed by atoms with E-state index in [4.69, 9.17) is 10.8 Å². The van der Waals surface area contributed by atoms with Crippen molar-refractivity contribution in [3.05, 3.63) is 28.2 Å². The minimum Gasteiger partial charge on any atom is -0.396 e. The SMILES string of the molecule is CC1=C(CCO)SC(C)C(=O)N1Cc1cnc(C)nc1N. The van der Waals surface area contributed by atoms with Gasteiger partial charge in [0.1, 0.15) is 11.6 Å². The zero-order valence-corrected chi connectivity index (χ0v) is 13.3. The van der Waals surface area contributed by atoms with Crippen LogP contribution >= 0.6 is 11.8 Å². The molecule has 1 aliphatic heterocycles. The molecule has 0 saturated carbocycles. The third-order valence-electron chi connectivity index (χ3n) is 3.43. The summed E-state index contributed by atoms with van der Waals surface area (Å²) in [7, 11) is 0. The van der Waals surface area contributed by atoms with Crippen LogP contribution in [-0.2, 0) is 11.3 Å². The Morgan fingerprint density at radius 1 is 1.48 bits per heavy atom. The highest BCUT2D eigenvalue weighted by molar-refractivity contribution is 8.04. The number of carbonyl (C=O) groups is 1. The van der Waals surface area contributed by atoms with Crippen molar-refractivity contribution in [2.45, 2.75) is 39.0 Å². The van der Waals surface area contributed by atoms with Gasteiger partial charge in [-0.1, -0.05) is 0 Å². The van der Waals surface area contributed by atoms with Gasteiger partial charge in [-0.15, -0.1) is 11.8 Å². The van der Waals surface area contributed by atoms with E-state index in [2.05, 4.69) is 9.97 Å². The maximum atomic E-state index is 12.4. The summed E-state index contributed by atoms with van der Waals surface area (Å²) < 4.78 is 0. The van der Waals surface area contributed by atoms with Crippen molar-refractivity contribution in [3.8, 4) is 0 Å². The van der Waals surface area contributed by atoms with Gasteiger partial charge >= 0.3 is 0 Å². The van der Waals surface area contributed by atoms with Gasteiger partial charge in [-0.05, 0) is 20.8 Å². The molecular weight excluding hydrogens is 288 g/mol. The Hall–Kier alpha value is -1.60. The lowest BCUT2D eigenvalue weighted by molar-refractivity contribution is -0.129. The maximum absolute atomic E-state index is 12.4. The van der Waals surface area contributed by atoms with E-state index in [-0.39, 0.29) is 17.8 Å². The maximum Gasteiger partial charge on any atom is 0.240 e. The number of thioether (sulfide) groups is 1. The van der Waals surface area contributed by atoms with E-state index in [0.717, 1.165) is 16.2 Å². The normalized spacial score (nSPS) is 19.3. The molecule has 1 atom stereocenters. The quantitative estimate of drug-likeness (QED) is 0.874. The highest BCUT2D eigenvalue weighted by atomic mass is 32.2. The Kier molecular flexibility index (Phi) is 4.84. The van der Waals surface area contributed by atoms with Gasteiger partial charge in [-0.3, -0.25) is 4.79 Å². The number of anilines is 1. The lowest BCUT2D eigenvalue weighted by Gasteiger charge is -2.33. The number of nitrogen functional groups attached to an aromatic ring is 1. The minimum absolute atomic E-state index is 0.0409. The summed E-state index contributed by atoms with van der Waals surface area (Å²) >= 11 is 1.51. The number of allylic oxidation sites excluding steroid dienone is 1. The molecule has 0 spiro atoms. The number of aryl methyl sites for hydroxylation is 1. The number of aliphatic hydroxyl groups is 1. The summed E-state index contributed by atoms with van der Waals surface area (Å²) in [5.41, 5.74) is 7.51. The van der Waals surface area contributed by atoms with Gasteiger partial charge in [-0.2, -0.15) is 0 Å². The molecule has 1 aromatic rings. The van der Waals surface area contributed by atoms with Crippen LogP contribution in [-0.4, -0.2) is 37.7 Å². The summed E-state index contributed by atoms with van der Waals surface area (Å²) in [5.74, 6) is 1.05. The Morgan fingerprint density at radius 2 is 2.19 bits per heavy atom. The second-order valence-electron chi connectivity index (χ2n) is 4.99. The predicted molar refractivity (Wildman–Crippen MR) is 83.2 cm³/mol. The lowest BCUT2D eigenvalue weighted by Crippen LogP contribution is -2.38. The van der Waals surface area contributed by atoms with Crippen molar-refractivity contribution in [2.75, 3.05) is 12.3 Å². The monoisotopic (exact) mass is 308 g/mol. The number of carbonyl (C=O) groups excluding carboxylic acids is 1. The highest BCUT2D eigenvalue weighted by Crippen LogP contribution is 2.36. The van der Waals surface area contributed by atoms with E-state index < -0.39 is 0 Å². The number of aliphatic hydroxyl groups excluding tert-OH is 1. The number of nitrogens with two attached hydrogens (primary N) is 1. The largest absolute Gasteiger partial charge is 0.396 e. The second-order valence-corrected chi connectivity index (χ2v) is 6.43. The average molecular weight is 308 g/mol. The van der Waals surface area contributed by atoms with Crippen molar-refractivity contribution in [1.82, 2.24) is 14.9 Å². The van der Waals surface area contributed by atoms with Crippen LogP contribution in [0, 0.1) is 6.92 Å². The molecule has 2 rings (SSSR count). The standard InChI is InChI=1S/C14H20N4O2S/c1-8-12(4-5-19)21-9(2)14(20)18(8)7-11-6-16-10(3)17-13(11)15/h6,9,19H,4-5,7H2,1-3H3,(H2,15,16,17). The number of hydrogen-bond donors (Lipinski definition) is 2. The molecule has 0 aliphatic carbocycles. The molecule has 1 aliphatic rings. The molecule has 0 saturated heterocycles. The molecule has 6 nitrogen and oxygen atoms in total. The molecule has 7 heteroatoms.